The van der Waals surface area contributed by atoms with Gasteiger partial charge in [-0.15, -0.1) is 0 Å². The van der Waals surface area contributed by atoms with E-state index in [2.05, 4.69) is 4.98 Å². The lowest BCUT2D eigenvalue weighted by Gasteiger charge is -2.04. The van der Waals surface area contributed by atoms with Crippen LogP contribution >= 0.6 is 0 Å². The fourth-order valence-electron chi connectivity index (χ4n) is 2.11. The van der Waals surface area contributed by atoms with Gasteiger partial charge >= 0.3 is 0 Å². The molecule has 1 aliphatic rings. The molecule has 1 saturated carbocycles. The highest BCUT2D eigenvalue weighted by molar-refractivity contribution is 5.90. The maximum absolute atomic E-state index is 11.0. The van der Waals surface area contributed by atoms with E-state index in [1.54, 1.807) is 12.1 Å². The topological polar surface area (TPSA) is 53.1 Å². The molecule has 0 unspecified atom stereocenters. The molecule has 1 aliphatic carbocycles. The molecule has 2 aromatic rings. The van der Waals surface area contributed by atoms with Crippen LogP contribution in [-0.4, -0.2) is 16.4 Å². The Kier molecular flexibility index (Phi) is 1.49. The minimum atomic E-state index is -0.286. The van der Waals surface area contributed by atoms with Crippen molar-refractivity contribution in [1.29, 1.82) is 0 Å². The number of benzene rings is 1. The zero-order valence-corrected chi connectivity index (χ0v) is 8.16. The smallest absolute Gasteiger partial charge is 0.130 e. The molecule has 3 rings (SSSR count). The number of carbonyl (C=O) groups is 1. The molecular formula is C12H11NO2. The van der Waals surface area contributed by atoms with E-state index >= 15 is 0 Å². The minimum absolute atomic E-state index is 0.241. The van der Waals surface area contributed by atoms with Gasteiger partial charge in [0.05, 0.1) is 5.41 Å². The summed E-state index contributed by atoms with van der Waals surface area (Å²) in [6, 6.07) is 5.18. The highest BCUT2D eigenvalue weighted by Crippen LogP contribution is 2.48. The van der Waals surface area contributed by atoms with Crippen LogP contribution in [0.4, 0.5) is 0 Å². The van der Waals surface area contributed by atoms with Gasteiger partial charge in [0, 0.05) is 17.1 Å². The summed E-state index contributed by atoms with van der Waals surface area (Å²) in [5.74, 6) is 0.241. The van der Waals surface area contributed by atoms with Gasteiger partial charge in [-0.2, -0.15) is 0 Å². The number of phenols is 1. The summed E-state index contributed by atoms with van der Waals surface area (Å²) in [7, 11) is 0. The number of aldehydes is 1. The second-order valence-corrected chi connectivity index (χ2v) is 4.21. The molecule has 1 aromatic carbocycles. The number of nitrogens with one attached hydrogen (secondary N) is 1. The summed E-state index contributed by atoms with van der Waals surface area (Å²) < 4.78 is 0. The molecule has 0 amide bonds. The monoisotopic (exact) mass is 201 g/mol. The molecule has 15 heavy (non-hydrogen) atoms. The minimum Gasteiger partial charge on any atom is -0.508 e. The predicted octanol–water partition coefficient (Wildman–Crippen LogP) is 2.10. The van der Waals surface area contributed by atoms with Gasteiger partial charge < -0.3 is 14.9 Å². The SMILES string of the molecule is O=CC1(c2c[nH]c3ccc(O)cc23)CC1. The first kappa shape index (κ1) is 8.53. The van der Waals surface area contributed by atoms with Crippen molar-refractivity contribution in [3.05, 3.63) is 30.0 Å². The number of carbonyl (C=O) groups excluding carboxylic acids is 1. The number of aromatic hydroxyl groups is 1. The number of fused-ring (bicyclic) bond motifs is 1. The third-order valence-electron chi connectivity index (χ3n) is 3.22. The predicted molar refractivity (Wildman–Crippen MR) is 56.9 cm³/mol. The first-order chi connectivity index (χ1) is 7.25. The van der Waals surface area contributed by atoms with E-state index in [1.807, 2.05) is 12.3 Å². The molecule has 0 aliphatic heterocycles. The zero-order chi connectivity index (χ0) is 10.5. The van der Waals surface area contributed by atoms with Crippen LogP contribution in [0, 0.1) is 0 Å². The molecule has 3 heteroatoms. The standard InChI is InChI=1S/C12H11NO2/c14-7-12(3-4-12)10-6-13-11-2-1-8(15)5-9(10)11/h1-2,5-7,13,15H,3-4H2. The number of rotatable bonds is 2. The van der Waals surface area contributed by atoms with Crippen molar-refractivity contribution < 1.29 is 9.90 Å². The molecule has 0 radical (unpaired) electrons. The zero-order valence-electron chi connectivity index (χ0n) is 8.16. The van der Waals surface area contributed by atoms with E-state index in [-0.39, 0.29) is 11.2 Å². The molecule has 3 nitrogen and oxygen atoms in total. The normalized spacial score (nSPS) is 17.9. The van der Waals surface area contributed by atoms with Gasteiger partial charge in [-0.25, -0.2) is 0 Å². The van der Waals surface area contributed by atoms with Crippen molar-refractivity contribution in [3.63, 3.8) is 0 Å². The van der Waals surface area contributed by atoms with Crippen molar-refractivity contribution in [3.8, 4) is 5.75 Å². The Morgan fingerprint density at radius 3 is 2.87 bits per heavy atom. The third-order valence-corrected chi connectivity index (χ3v) is 3.22. The summed E-state index contributed by atoms with van der Waals surface area (Å²) in [6.07, 6.45) is 4.74. The molecule has 1 heterocycles. The van der Waals surface area contributed by atoms with Crippen LogP contribution < -0.4 is 0 Å². The lowest BCUT2D eigenvalue weighted by molar-refractivity contribution is -0.109. The van der Waals surface area contributed by atoms with Gasteiger partial charge in [0.2, 0.25) is 0 Å². The first-order valence-corrected chi connectivity index (χ1v) is 5.02. The quantitative estimate of drug-likeness (QED) is 0.731. The summed E-state index contributed by atoms with van der Waals surface area (Å²) >= 11 is 0. The van der Waals surface area contributed by atoms with Gasteiger partial charge in [0.1, 0.15) is 12.0 Å². The van der Waals surface area contributed by atoms with E-state index in [1.165, 1.54) is 0 Å². The van der Waals surface area contributed by atoms with Crippen molar-refractivity contribution in [1.82, 2.24) is 4.98 Å². The maximum atomic E-state index is 11.0. The fourth-order valence-corrected chi connectivity index (χ4v) is 2.11. The van der Waals surface area contributed by atoms with Crippen molar-refractivity contribution in [2.24, 2.45) is 0 Å². The van der Waals surface area contributed by atoms with Gasteiger partial charge in [0.15, 0.2) is 0 Å². The second kappa shape index (κ2) is 2.63. The third kappa shape index (κ3) is 1.09. The van der Waals surface area contributed by atoms with Crippen molar-refractivity contribution in [2.75, 3.05) is 0 Å². The number of hydrogen-bond donors (Lipinski definition) is 2. The largest absolute Gasteiger partial charge is 0.508 e. The number of phenolic OH excluding ortho intramolecular Hbond substituents is 1. The van der Waals surface area contributed by atoms with E-state index in [0.29, 0.717) is 0 Å². The Hall–Kier alpha value is -1.77. The van der Waals surface area contributed by atoms with Crippen molar-refractivity contribution in [2.45, 2.75) is 18.3 Å². The summed E-state index contributed by atoms with van der Waals surface area (Å²) in [6.45, 7) is 0. The number of aromatic amines is 1. The number of hydrogen-bond acceptors (Lipinski definition) is 2. The van der Waals surface area contributed by atoms with Gasteiger partial charge in [-0.1, -0.05) is 0 Å². The van der Waals surface area contributed by atoms with Gasteiger partial charge in [-0.05, 0) is 36.6 Å². The Labute approximate surface area is 86.7 Å². The fraction of sp³-hybridized carbons (Fsp3) is 0.250. The molecule has 0 saturated heterocycles. The lowest BCUT2D eigenvalue weighted by atomic mass is 9.97. The first-order valence-electron chi connectivity index (χ1n) is 5.02. The summed E-state index contributed by atoms with van der Waals surface area (Å²) in [4.78, 5) is 14.2. The van der Waals surface area contributed by atoms with Gasteiger partial charge in [-0.3, -0.25) is 0 Å². The number of H-pyrrole nitrogens is 1. The van der Waals surface area contributed by atoms with Gasteiger partial charge in [0.25, 0.3) is 0 Å². The Bertz CT molecular complexity index is 538. The van der Waals surface area contributed by atoms with Crippen LogP contribution in [0.1, 0.15) is 18.4 Å². The Morgan fingerprint density at radius 2 is 2.20 bits per heavy atom. The van der Waals surface area contributed by atoms with Crippen LogP contribution in [0.2, 0.25) is 0 Å². The maximum Gasteiger partial charge on any atom is 0.130 e. The average Bonchev–Trinajstić information content (AvgIpc) is 2.93. The lowest BCUT2D eigenvalue weighted by Crippen LogP contribution is -2.06. The molecule has 1 aromatic heterocycles. The second-order valence-electron chi connectivity index (χ2n) is 4.21. The molecule has 76 valence electrons. The Morgan fingerprint density at radius 1 is 1.40 bits per heavy atom. The molecule has 0 spiro atoms. The highest BCUT2D eigenvalue weighted by Gasteiger charge is 2.45. The molecule has 0 atom stereocenters. The van der Waals surface area contributed by atoms with Crippen molar-refractivity contribution >= 4 is 17.2 Å². The van der Waals surface area contributed by atoms with E-state index < -0.39 is 0 Å². The highest BCUT2D eigenvalue weighted by atomic mass is 16.3. The van der Waals surface area contributed by atoms with E-state index in [9.17, 15) is 9.90 Å². The molecule has 0 bridgehead atoms. The summed E-state index contributed by atoms with van der Waals surface area (Å²) in [5, 5.41) is 10.4. The van der Waals surface area contributed by atoms with E-state index in [4.69, 9.17) is 0 Å². The molecule has 2 N–H and O–H groups in total. The number of aromatic nitrogens is 1. The van der Waals surface area contributed by atoms with E-state index in [0.717, 1.165) is 35.6 Å². The van der Waals surface area contributed by atoms with Crippen LogP contribution in [0.15, 0.2) is 24.4 Å². The Balaban J connectivity index is 2.27. The van der Waals surface area contributed by atoms with Crippen LogP contribution in [0.25, 0.3) is 10.9 Å². The molecular weight excluding hydrogens is 190 g/mol. The van der Waals surface area contributed by atoms with Crippen LogP contribution in [0.5, 0.6) is 5.75 Å². The van der Waals surface area contributed by atoms with Crippen LogP contribution in [0.3, 0.4) is 0 Å². The summed E-state index contributed by atoms with van der Waals surface area (Å²) in [5.41, 5.74) is 1.70. The molecule has 1 fully saturated rings. The van der Waals surface area contributed by atoms with Crippen LogP contribution in [-0.2, 0) is 10.2 Å². The average molecular weight is 201 g/mol.